The summed E-state index contributed by atoms with van der Waals surface area (Å²) in [7, 11) is 0. The second-order valence-corrected chi connectivity index (χ2v) is 11.8. The van der Waals surface area contributed by atoms with Crippen molar-refractivity contribution in [2.45, 2.75) is 114 Å². The summed E-state index contributed by atoms with van der Waals surface area (Å²) >= 11 is 1.95. The summed E-state index contributed by atoms with van der Waals surface area (Å²) in [6, 6.07) is 14.3. The van der Waals surface area contributed by atoms with Gasteiger partial charge in [-0.2, -0.15) is 0 Å². The van der Waals surface area contributed by atoms with Gasteiger partial charge in [0.25, 0.3) is 0 Å². The first-order valence-electron chi connectivity index (χ1n) is 13.4. The summed E-state index contributed by atoms with van der Waals surface area (Å²) < 4.78 is 6.60. The van der Waals surface area contributed by atoms with Crippen molar-refractivity contribution in [3.8, 4) is 5.75 Å². The fourth-order valence-corrected chi connectivity index (χ4v) is 7.08. The summed E-state index contributed by atoms with van der Waals surface area (Å²) in [6.45, 7) is 9.02. The van der Waals surface area contributed by atoms with Crippen molar-refractivity contribution in [1.82, 2.24) is 4.90 Å². The zero-order valence-corrected chi connectivity index (χ0v) is 23.6. The van der Waals surface area contributed by atoms with Crippen LogP contribution >= 0.6 is 24.2 Å². The normalized spacial score (nSPS) is 20.9. The largest absolute Gasteiger partial charge is 0.475 e. The van der Waals surface area contributed by atoms with E-state index in [1.807, 2.05) is 11.8 Å². The number of aliphatic hydroxyl groups excluding tert-OH is 1. The van der Waals surface area contributed by atoms with E-state index >= 15 is 0 Å². The molecule has 5 heteroatoms. The Bertz CT molecular complexity index is 957. The van der Waals surface area contributed by atoms with Gasteiger partial charge in [0.2, 0.25) is 0 Å². The first-order valence-corrected chi connectivity index (χ1v) is 14.2. The zero-order chi connectivity index (χ0) is 24.1. The van der Waals surface area contributed by atoms with E-state index in [4.69, 9.17) is 4.74 Å². The zero-order valence-electron chi connectivity index (χ0n) is 22.0. The van der Waals surface area contributed by atoms with Gasteiger partial charge in [-0.05, 0) is 99.6 Å². The lowest BCUT2D eigenvalue weighted by Crippen LogP contribution is -2.32. The van der Waals surface area contributed by atoms with Crippen LogP contribution in [0, 0.1) is 13.8 Å². The van der Waals surface area contributed by atoms with Crippen LogP contribution in [0.5, 0.6) is 5.75 Å². The number of unbranched alkanes of at least 4 members (excludes halogenated alkanes) is 2. The summed E-state index contributed by atoms with van der Waals surface area (Å²) in [5, 5.41) is 10.3. The third-order valence-electron chi connectivity index (χ3n) is 7.91. The average Bonchev–Trinajstić information content (AvgIpc) is 3.42. The van der Waals surface area contributed by atoms with Crippen molar-refractivity contribution in [3.05, 3.63) is 58.7 Å². The van der Waals surface area contributed by atoms with E-state index in [1.54, 1.807) is 0 Å². The number of likely N-dealkylation sites (tertiary alicyclic amines) is 1. The van der Waals surface area contributed by atoms with Crippen molar-refractivity contribution in [3.63, 3.8) is 0 Å². The minimum absolute atomic E-state index is 0. The molecule has 0 spiro atoms. The summed E-state index contributed by atoms with van der Waals surface area (Å²) in [4.78, 5) is 3.53. The van der Waals surface area contributed by atoms with Gasteiger partial charge in [0.15, 0.2) is 4.93 Å². The molecule has 0 saturated carbocycles. The molecule has 4 rings (SSSR count). The van der Waals surface area contributed by atoms with Crippen LogP contribution in [0.2, 0.25) is 0 Å². The number of ether oxygens (including phenoxy) is 1. The van der Waals surface area contributed by atoms with E-state index in [2.05, 4.69) is 69.0 Å². The van der Waals surface area contributed by atoms with Gasteiger partial charge in [-0.15, -0.1) is 12.4 Å². The molecule has 194 valence electrons. The molecule has 35 heavy (non-hydrogen) atoms. The first kappa shape index (κ1) is 28.4. The molecule has 0 radical (unpaired) electrons. The van der Waals surface area contributed by atoms with Gasteiger partial charge in [-0.1, -0.05) is 62.7 Å². The number of fused-ring (bicyclic) bond motifs is 1. The number of nitrogens with zero attached hydrogens (tertiary/aromatic N) is 1. The van der Waals surface area contributed by atoms with Crippen LogP contribution in [-0.4, -0.2) is 27.7 Å². The van der Waals surface area contributed by atoms with Gasteiger partial charge in [-0.25, -0.2) is 0 Å². The molecule has 1 N–H and O–H groups in total. The minimum Gasteiger partial charge on any atom is -0.475 e. The molecular formula is C30H44ClNO2S. The molecule has 2 aromatic carbocycles. The van der Waals surface area contributed by atoms with E-state index < -0.39 is 0 Å². The highest BCUT2D eigenvalue weighted by atomic mass is 35.5. The fraction of sp³-hybridized carbons (Fsp3) is 0.600. The maximum absolute atomic E-state index is 10.3. The Hall–Kier alpha value is -1.20. The van der Waals surface area contributed by atoms with Crippen molar-refractivity contribution in [2.75, 3.05) is 6.73 Å². The first-order chi connectivity index (χ1) is 16.5. The van der Waals surface area contributed by atoms with Crippen LogP contribution < -0.4 is 4.74 Å². The Kier molecular flexibility index (Phi) is 10.4. The maximum atomic E-state index is 10.3. The Morgan fingerprint density at radius 3 is 2.40 bits per heavy atom. The van der Waals surface area contributed by atoms with Gasteiger partial charge in [-0.3, -0.25) is 4.90 Å². The summed E-state index contributed by atoms with van der Waals surface area (Å²) in [5.41, 5.74) is 5.46. The Morgan fingerprint density at radius 2 is 1.74 bits per heavy atom. The third kappa shape index (κ3) is 6.57. The topological polar surface area (TPSA) is 32.7 Å². The second kappa shape index (κ2) is 12.9. The van der Waals surface area contributed by atoms with Crippen molar-refractivity contribution >= 4 is 24.2 Å². The fourth-order valence-electron chi connectivity index (χ4n) is 5.65. The molecule has 0 bridgehead atoms. The van der Waals surface area contributed by atoms with E-state index in [0.717, 1.165) is 44.3 Å². The predicted octanol–water partition coefficient (Wildman–Crippen LogP) is 8.37. The van der Waals surface area contributed by atoms with E-state index in [-0.39, 0.29) is 24.1 Å². The van der Waals surface area contributed by atoms with E-state index in [1.165, 1.54) is 52.8 Å². The van der Waals surface area contributed by atoms with Crippen molar-refractivity contribution in [1.29, 1.82) is 0 Å². The number of aliphatic hydroxyl groups is 1. The Balaban J connectivity index is 0.00000342. The molecule has 3 nitrogen and oxygen atoms in total. The molecule has 1 saturated heterocycles. The number of rotatable bonds is 11. The highest BCUT2D eigenvalue weighted by Crippen LogP contribution is 2.53. The highest BCUT2D eigenvalue weighted by Gasteiger charge is 2.40. The quantitative estimate of drug-likeness (QED) is 0.324. The summed E-state index contributed by atoms with van der Waals surface area (Å²) in [6.07, 6.45) is 11.5. The van der Waals surface area contributed by atoms with Gasteiger partial charge in [0, 0.05) is 12.1 Å². The van der Waals surface area contributed by atoms with Crippen LogP contribution in [0.25, 0.3) is 0 Å². The number of thioether (sulfide) groups is 1. The van der Waals surface area contributed by atoms with Crippen LogP contribution in [0.4, 0.5) is 0 Å². The molecule has 2 aliphatic heterocycles. The molecule has 0 aliphatic carbocycles. The van der Waals surface area contributed by atoms with Gasteiger partial charge >= 0.3 is 0 Å². The van der Waals surface area contributed by atoms with Crippen LogP contribution in [0.1, 0.15) is 99.9 Å². The molecule has 2 aromatic rings. The molecule has 2 heterocycles. The minimum atomic E-state index is -0.0893. The second-order valence-electron chi connectivity index (χ2n) is 10.4. The van der Waals surface area contributed by atoms with Gasteiger partial charge in [0.1, 0.15) is 5.75 Å². The molecule has 0 aromatic heterocycles. The SMILES string of the molecule is CCCCC1(CCCC)Oc2ccc(C3CCC(CCc4ccc(C)c(C)c4)N3CO)cc2S1.Cl. The molecule has 2 atom stereocenters. The Morgan fingerprint density at radius 1 is 1.00 bits per heavy atom. The van der Waals surface area contributed by atoms with E-state index in [9.17, 15) is 5.11 Å². The van der Waals surface area contributed by atoms with Gasteiger partial charge in [0.05, 0.1) is 11.6 Å². The monoisotopic (exact) mass is 517 g/mol. The number of benzene rings is 2. The van der Waals surface area contributed by atoms with E-state index in [0.29, 0.717) is 12.1 Å². The molecule has 0 amide bonds. The molecular weight excluding hydrogens is 474 g/mol. The van der Waals surface area contributed by atoms with Crippen molar-refractivity contribution in [2.24, 2.45) is 0 Å². The maximum Gasteiger partial charge on any atom is 0.159 e. The predicted molar refractivity (Wildman–Crippen MR) is 151 cm³/mol. The third-order valence-corrected chi connectivity index (χ3v) is 9.31. The van der Waals surface area contributed by atoms with Crippen LogP contribution in [-0.2, 0) is 6.42 Å². The van der Waals surface area contributed by atoms with Crippen molar-refractivity contribution < 1.29 is 9.84 Å². The lowest BCUT2D eigenvalue weighted by Gasteiger charge is -2.28. The lowest BCUT2D eigenvalue weighted by atomic mass is 10.00. The number of aryl methyl sites for hydroxylation is 3. The Labute approximate surface area is 223 Å². The molecule has 1 fully saturated rings. The molecule has 2 unspecified atom stereocenters. The molecule has 2 aliphatic rings. The van der Waals surface area contributed by atoms with Crippen LogP contribution in [0.3, 0.4) is 0 Å². The number of hydrogen-bond acceptors (Lipinski definition) is 4. The van der Waals surface area contributed by atoms with Gasteiger partial charge < -0.3 is 9.84 Å². The highest BCUT2D eigenvalue weighted by molar-refractivity contribution is 8.00. The lowest BCUT2D eigenvalue weighted by molar-refractivity contribution is 0.0595. The average molecular weight is 518 g/mol. The number of hydrogen-bond donors (Lipinski definition) is 1. The summed E-state index contributed by atoms with van der Waals surface area (Å²) in [5.74, 6) is 1.06. The standard InChI is InChI=1S/C30H43NO2S.ClH/c1-5-7-17-30(18-8-6-2)33-28-16-12-25(20-29(28)34-30)27-15-14-26(31(27)21-32)13-11-24-10-9-22(3)23(4)19-24;/h9-10,12,16,19-20,26-27,32H,5-8,11,13-15,17-18,21H2,1-4H3;1H. The smallest absolute Gasteiger partial charge is 0.159 e. The van der Waals surface area contributed by atoms with Crippen LogP contribution in [0.15, 0.2) is 41.3 Å². The number of halogens is 1.